The molecule has 2 rings (SSSR count). The summed E-state index contributed by atoms with van der Waals surface area (Å²) in [6.45, 7) is 15.0. The van der Waals surface area contributed by atoms with Crippen molar-refractivity contribution < 1.29 is 0 Å². The minimum absolute atomic E-state index is 0.247. The molecule has 1 aromatic carbocycles. The van der Waals surface area contributed by atoms with E-state index in [1.54, 1.807) is 0 Å². The highest BCUT2D eigenvalue weighted by molar-refractivity contribution is 5.15. The number of nitrogens with zero attached hydrogens (tertiary/aromatic N) is 1. The summed E-state index contributed by atoms with van der Waals surface area (Å²) in [5, 5.41) is 3.78. The molecule has 2 unspecified atom stereocenters. The molecule has 0 radical (unpaired) electrons. The average Bonchev–Trinajstić information content (AvgIpc) is 2.38. The molecule has 2 heteroatoms. The number of hydrogen-bond acceptors (Lipinski definition) is 2. The Kier molecular flexibility index (Phi) is 4.55. The van der Waals surface area contributed by atoms with Crippen LogP contribution in [-0.2, 0) is 6.54 Å². The molecule has 1 aliphatic rings. The molecule has 1 fully saturated rings. The molecule has 0 spiro atoms. The molecule has 2 nitrogen and oxygen atoms in total. The van der Waals surface area contributed by atoms with Gasteiger partial charge in [0.05, 0.1) is 0 Å². The second-order valence-electron chi connectivity index (χ2n) is 7.57. The highest BCUT2D eigenvalue weighted by atomic mass is 15.3. The zero-order valence-corrected chi connectivity index (χ0v) is 13.7. The molecule has 1 aliphatic heterocycles. The molecule has 1 saturated heterocycles. The van der Waals surface area contributed by atoms with Gasteiger partial charge in [-0.2, -0.15) is 0 Å². The lowest BCUT2D eigenvalue weighted by Crippen LogP contribution is -2.65. The van der Waals surface area contributed by atoms with E-state index in [-0.39, 0.29) is 5.54 Å². The molecule has 0 aromatic heterocycles. The molecule has 0 aliphatic carbocycles. The van der Waals surface area contributed by atoms with Crippen LogP contribution in [-0.4, -0.2) is 29.6 Å². The molecule has 20 heavy (non-hydrogen) atoms. The Hall–Kier alpha value is -0.860. The Morgan fingerprint density at radius 1 is 1.25 bits per heavy atom. The summed E-state index contributed by atoms with van der Waals surface area (Å²) in [4.78, 5) is 2.68. The lowest BCUT2D eigenvalue weighted by atomic mass is 9.81. The van der Waals surface area contributed by atoms with Gasteiger partial charge in [0.25, 0.3) is 0 Å². The Morgan fingerprint density at radius 3 is 2.45 bits per heavy atom. The van der Waals surface area contributed by atoms with E-state index in [4.69, 9.17) is 0 Å². The number of rotatable bonds is 3. The first-order valence-corrected chi connectivity index (χ1v) is 7.87. The second-order valence-corrected chi connectivity index (χ2v) is 7.57. The van der Waals surface area contributed by atoms with Crippen molar-refractivity contribution in [3.8, 4) is 0 Å². The minimum Gasteiger partial charge on any atom is -0.309 e. The van der Waals surface area contributed by atoms with E-state index < -0.39 is 0 Å². The molecule has 0 bridgehead atoms. The van der Waals surface area contributed by atoms with Crippen LogP contribution in [0.2, 0.25) is 0 Å². The first-order chi connectivity index (χ1) is 9.34. The van der Waals surface area contributed by atoms with Crippen molar-refractivity contribution >= 4 is 0 Å². The number of hydrogen-bond donors (Lipinski definition) is 1. The van der Waals surface area contributed by atoms with Crippen LogP contribution in [0.25, 0.3) is 0 Å². The standard InChI is InChI=1S/C18H30N2/c1-6-18(5)14-20(13-15-10-8-7-9-11-15)16(12-19-18)17(2,3)4/h7-11,16,19H,6,12-14H2,1-5H3. The normalized spacial score (nSPS) is 28.6. The van der Waals surface area contributed by atoms with Gasteiger partial charge in [0, 0.05) is 31.2 Å². The van der Waals surface area contributed by atoms with Gasteiger partial charge in [-0.25, -0.2) is 0 Å². The molecule has 0 amide bonds. The van der Waals surface area contributed by atoms with E-state index in [0.717, 1.165) is 19.6 Å². The number of piperazine rings is 1. The van der Waals surface area contributed by atoms with E-state index in [2.05, 4.69) is 75.2 Å². The predicted octanol–water partition coefficient (Wildman–Crippen LogP) is 3.68. The zero-order valence-electron chi connectivity index (χ0n) is 13.7. The van der Waals surface area contributed by atoms with Gasteiger partial charge in [0.1, 0.15) is 0 Å². The van der Waals surface area contributed by atoms with Crippen LogP contribution in [0.3, 0.4) is 0 Å². The number of benzene rings is 1. The van der Waals surface area contributed by atoms with Crippen molar-refractivity contribution in [2.75, 3.05) is 13.1 Å². The van der Waals surface area contributed by atoms with Gasteiger partial charge in [-0.1, -0.05) is 58.0 Å². The molecule has 112 valence electrons. The molecule has 1 heterocycles. The fraction of sp³-hybridized carbons (Fsp3) is 0.667. The van der Waals surface area contributed by atoms with Crippen molar-refractivity contribution in [2.24, 2.45) is 5.41 Å². The van der Waals surface area contributed by atoms with Crippen molar-refractivity contribution in [3.63, 3.8) is 0 Å². The largest absolute Gasteiger partial charge is 0.309 e. The Bertz CT molecular complexity index is 421. The Balaban J connectivity index is 2.18. The first kappa shape index (κ1) is 15.5. The van der Waals surface area contributed by atoms with Gasteiger partial charge >= 0.3 is 0 Å². The van der Waals surface area contributed by atoms with E-state index >= 15 is 0 Å². The van der Waals surface area contributed by atoms with E-state index in [1.165, 1.54) is 12.0 Å². The quantitative estimate of drug-likeness (QED) is 0.904. The summed E-state index contributed by atoms with van der Waals surface area (Å²) in [7, 11) is 0. The molecule has 0 saturated carbocycles. The second kappa shape index (κ2) is 5.87. The SMILES string of the molecule is CCC1(C)CN(Cc2ccccc2)C(C(C)(C)C)CN1. The topological polar surface area (TPSA) is 15.3 Å². The Labute approximate surface area is 124 Å². The van der Waals surface area contributed by atoms with Crippen molar-refractivity contribution in [1.82, 2.24) is 10.2 Å². The summed E-state index contributed by atoms with van der Waals surface area (Å²) >= 11 is 0. The maximum Gasteiger partial charge on any atom is 0.0278 e. The maximum absolute atomic E-state index is 3.78. The fourth-order valence-electron chi connectivity index (χ4n) is 3.16. The summed E-state index contributed by atoms with van der Waals surface area (Å²) < 4.78 is 0. The van der Waals surface area contributed by atoms with Gasteiger partial charge in [-0.05, 0) is 24.3 Å². The van der Waals surface area contributed by atoms with E-state index in [0.29, 0.717) is 11.5 Å². The monoisotopic (exact) mass is 274 g/mol. The van der Waals surface area contributed by atoms with Crippen LogP contribution in [0.4, 0.5) is 0 Å². The van der Waals surface area contributed by atoms with Crippen LogP contribution < -0.4 is 5.32 Å². The summed E-state index contributed by atoms with van der Waals surface area (Å²) in [6, 6.07) is 11.4. The van der Waals surface area contributed by atoms with Gasteiger partial charge in [-0.15, -0.1) is 0 Å². The van der Waals surface area contributed by atoms with Crippen LogP contribution in [0.1, 0.15) is 46.6 Å². The number of nitrogens with one attached hydrogen (secondary N) is 1. The van der Waals surface area contributed by atoms with Crippen LogP contribution in [0.15, 0.2) is 30.3 Å². The third kappa shape index (κ3) is 3.62. The van der Waals surface area contributed by atoms with Gasteiger partial charge in [0.2, 0.25) is 0 Å². The van der Waals surface area contributed by atoms with Crippen molar-refractivity contribution in [2.45, 2.75) is 59.2 Å². The first-order valence-electron chi connectivity index (χ1n) is 7.87. The van der Waals surface area contributed by atoms with Crippen LogP contribution in [0, 0.1) is 5.41 Å². The molecule has 1 N–H and O–H groups in total. The van der Waals surface area contributed by atoms with Crippen molar-refractivity contribution in [3.05, 3.63) is 35.9 Å². The van der Waals surface area contributed by atoms with E-state index in [9.17, 15) is 0 Å². The molecular formula is C18H30N2. The lowest BCUT2D eigenvalue weighted by Gasteiger charge is -2.50. The molecular weight excluding hydrogens is 244 g/mol. The molecule has 2 atom stereocenters. The summed E-state index contributed by atoms with van der Waals surface area (Å²) in [5.41, 5.74) is 1.97. The summed E-state index contributed by atoms with van der Waals surface area (Å²) in [6.07, 6.45) is 1.18. The van der Waals surface area contributed by atoms with Gasteiger partial charge in [-0.3, -0.25) is 4.90 Å². The zero-order chi connectivity index (χ0) is 14.8. The van der Waals surface area contributed by atoms with E-state index in [1.807, 2.05) is 0 Å². The highest BCUT2D eigenvalue weighted by Crippen LogP contribution is 2.31. The predicted molar refractivity (Wildman–Crippen MR) is 86.8 cm³/mol. The smallest absolute Gasteiger partial charge is 0.0278 e. The lowest BCUT2D eigenvalue weighted by molar-refractivity contribution is 0.0204. The highest BCUT2D eigenvalue weighted by Gasteiger charge is 2.39. The average molecular weight is 274 g/mol. The fourth-order valence-corrected chi connectivity index (χ4v) is 3.16. The van der Waals surface area contributed by atoms with Gasteiger partial charge < -0.3 is 5.32 Å². The minimum atomic E-state index is 0.247. The third-order valence-corrected chi connectivity index (χ3v) is 4.72. The third-order valence-electron chi connectivity index (χ3n) is 4.72. The van der Waals surface area contributed by atoms with Gasteiger partial charge in [0.15, 0.2) is 0 Å². The Morgan fingerprint density at radius 2 is 1.90 bits per heavy atom. The molecule has 1 aromatic rings. The summed E-state index contributed by atoms with van der Waals surface area (Å²) in [5.74, 6) is 0. The van der Waals surface area contributed by atoms with Crippen LogP contribution in [0.5, 0.6) is 0 Å². The van der Waals surface area contributed by atoms with Crippen molar-refractivity contribution in [1.29, 1.82) is 0 Å². The maximum atomic E-state index is 3.78. The van der Waals surface area contributed by atoms with Crippen LogP contribution >= 0.6 is 0 Å².